The van der Waals surface area contributed by atoms with E-state index in [0.717, 1.165) is 29.3 Å². The van der Waals surface area contributed by atoms with E-state index in [1.807, 2.05) is 25.1 Å². The second-order valence-corrected chi connectivity index (χ2v) is 7.35. The predicted octanol–water partition coefficient (Wildman–Crippen LogP) is 4.08. The Morgan fingerprint density at radius 1 is 1.58 bits per heavy atom. The van der Waals surface area contributed by atoms with Crippen LogP contribution in [0, 0.1) is 11.3 Å². The Balaban J connectivity index is 2.45. The summed E-state index contributed by atoms with van der Waals surface area (Å²) in [5, 5.41) is 11.7. The molecule has 0 aromatic heterocycles. The minimum Gasteiger partial charge on any atom is -0.385 e. The van der Waals surface area contributed by atoms with Gasteiger partial charge in [0.05, 0.1) is 5.60 Å². The average Bonchev–Trinajstić information content (AvgIpc) is 2.72. The molecule has 0 amide bonds. The zero-order valence-corrected chi connectivity index (χ0v) is 13.8. The molecule has 2 rings (SSSR count). The highest BCUT2D eigenvalue weighted by Crippen LogP contribution is 2.53. The molecule has 0 spiro atoms. The van der Waals surface area contributed by atoms with Gasteiger partial charge in [-0.05, 0) is 44.2 Å². The largest absolute Gasteiger partial charge is 0.385 e. The summed E-state index contributed by atoms with van der Waals surface area (Å²) in [6, 6.07) is 5.64. The molecule has 0 aliphatic heterocycles. The fourth-order valence-corrected chi connectivity index (χ4v) is 4.25. The van der Waals surface area contributed by atoms with Crippen LogP contribution in [-0.4, -0.2) is 11.7 Å². The number of aliphatic hydroxyl groups is 1. The van der Waals surface area contributed by atoms with Gasteiger partial charge in [0.2, 0.25) is 0 Å². The smallest absolute Gasteiger partial charge is 0.0950 e. The lowest BCUT2D eigenvalue weighted by molar-refractivity contribution is -0.0710. The lowest BCUT2D eigenvalue weighted by Crippen LogP contribution is -2.47. The van der Waals surface area contributed by atoms with Gasteiger partial charge in [-0.15, -0.1) is 0 Å². The Hall–Kier alpha value is -0.0900. The van der Waals surface area contributed by atoms with E-state index in [1.165, 1.54) is 0 Å². The van der Waals surface area contributed by atoms with Gasteiger partial charge in [0.25, 0.3) is 0 Å². The molecule has 19 heavy (non-hydrogen) atoms. The molecule has 0 saturated heterocycles. The van der Waals surface area contributed by atoms with Gasteiger partial charge < -0.3 is 10.8 Å². The van der Waals surface area contributed by atoms with Crippen molar-refractivity contribution in [1.29, 1.82) is 0 Å². The lowest BCUT2D eigenvalue weighted by atomic mass is 9.67. The minimum atomic E-state index is -0.996. The number of benzene rings is 1. The summed E-state index contributed by atoms with van der Waals surface area (Å²) < 4.78 is 0.915. The normalized spacial score (nSPS) is 30.3. The summed E-state index contributed by atoms with van der Waals surface area (Å²) in [6.07, 6.45) is 3.01. The fraction of sp³-hybridized carbons (Fsp3) is 0.600. The maximum atomic E-state index is 11.1. The van der Waals surface area contributed by atoms with E-state index in [-0.39, 0.29) is 5.41 Å². The highest BCUT2D eigenvalue weighted by atomic mass is 79.9. The minimum absolute atomic E-state index is 0.274. The van der Waals surface area contributed by atoms with Crippen LogP contribution in [-0.2, 0) is 5.60 Å². The van der Waals surface area contributed by atoms with Gasteiger partial charge in [0.15, 0.2) is 0 Å². The number of halogens is 2. The number of hydrogen-bond donors (Lipinski definition) is 2. The Morgan fingerprint density at radius 2 is 2.26 bits per heavy atom. The van der Waals surface area contributed by atoms with Crippen molar-refractivity contribution in [2.45, 2.75) is 38.7 Å². The molecule has 0 heterocycles. The fourth-order valence-electron chi connectivity index (χ4n) is 3.39. The van der Waals surface area contributed by atoms with Crippen LogP contribution < -0.4 is 5.73 Å². The van der Waals surface area contributed by atoms with Gasteiger partial charge in [0, 0.05) is 27.0 Å². The van der Waals surface area contributed by atoms with E-state index < -0.39 is 5.60 Å². The van der Waals surface area contributed by atoms with E-state index in [9.17, 15) is 5.11 Å². The SMILES string of the molecule is CC1CCC(CN)(C(C)(O)c2ccc(Br)cc2Cl)C1. The van der Waals surface area contributed by atoms with Crippen LogP contribution in [0.25, 0.3) is 0 Å². The van der Waals surface area contributed by atoms with Crippen molar-refractivity contribution in [2.75, 3.05) is 6.54 Å². The maximum Gasteiger partial charge on any atom is 0.0950 e. The number of rotatable bonds is 3. The summed E-state index contributed by atoms with van der Waals surface area (Å²) in [6.45, 7) is 4.56. The van der Waals surface area contributed by atoms with E-state index in [0.29, 0.717) is 17.5 Å². The first kappa shape index (κ1) is 15.3. The molecule has 3 unspecified atom stereocenters. The molecule has 3 N–H and O–H groups in total. The van der Waals surface area contributed by atoms with Crippen LogP contribution in [0.5, 0.6) is 0 Å². The van der Waals surface area contributed by atoms with Gasteiger partial charge in [-0.25, -0.2) is 0 Å². The van der Waals surface area contributed by atoms with Crippen LogP contribution >= 0.6 is 27.5 Å². The number of hydrogen-bond acceptors (Lipinski definition) is 2. The summed E-state index contributed by atoms with van der Waals surface area (Å²) in [4.78, 5) is 0. The van der Waals surface area contributed by atoms with Gasteiger partial charge in [-0.3, -0.25) is 0 Å². The zero-order valence-electron chi connectivity index (χ0n) is 11.4. The lowest BCUT2D eigenvalue weighted by Gasteiger charge is -2.43. The molecule has 106 valence electrons. The zero-order chi connectivity index (χ0) is 14.3. The standard InChI is InChI=1S/C15H21BrClNO/c1-10-5-6-15(8-10,9-18)14(2,19)12-4-3-11(16)7-13(12)17/h3-4,7,10,19H,5-6,8-9,18H2,1-2H3. The second kappa shape index (κ2) is 5.36. The predicted molar refractivity (Wildman–Crippen MR) is 83.2 cm³/mol. The van der Waals surface area contributed by atoms with Crippen molar-refractivity contribution in [2.24, 2.45) is 17.1 Å². The molecule has 1 aliphatic carbocycles. The third-order valence-electron chi connectivity index (χ3n) is 4.73. The Labute approximate surface area is 128 Å². The van der Waals surface area contributed by atoms with E-state index in [1.54, 1.807) is 0 Å². The molecule has 3 atom stereocenters. The van der Waals surface area contributed by atoms with Gasteiger partial charge in [-0.1, -0.05) is 40.5 Å². The second-order valence-electron chi connectivity index (χ2n) is 6.03. The van der Waals surface area contributed by atoms with Crippen LogP contribution in [0.3, 0.4) is 0 Å². The van der Waals surface area contributed by atoms with Crippen molar-refractivity contribution < 1.29 is 5.11 Å². The van der Waals surface area contributed by atoms with E-state index in [4.69, 9.17) is 17.3 Å². The first-order valence-electron chi connectivity index (χ1n) is 6.70. The van der Waals surface area contributed by atoms with Gasteiger partial charge in [0.1, 0.15) is 0 Å². The summed E-state index contributed by atoms with van der Waals surface area (Å²) in [5.74, 6) is 0.601. The molecule has 1 aliphatic rings. The third-order valence-corrected chi connectivity index (χ3v) is 5.54. The van der Waals surface area contributed by atoms with Crippen LogP contribution in [0.1, 0.15) is 38.7 Å². The van der Waals surface area contributed by atoms with Crippen molar-refractivity contribution >= 4 is 27.5 Å². The van der Waals surface area contributed by atoms with Crippen LogP contribution in [0.15, 0.2) is 22.7 Å². The summed E-state index contributed by atoms with van der Waals surface area (Å²) in [5.41, 5.74) is 5.53. The Morgan fingerprint density at radius 3 is 2.74 bits per heavy atom. The van der Waals surface area contributed by atoms with Gasteiger partial charge >= 0.3 is 0 Å². The Kier molecular flexibility index (Phi) is 4.32. The first-order chi connectivity index (χ1) is 8.82. The highest BCUT2D eigenvalue weighted by molar-refractivity contribution is 9.10. The highest BCUT2D eigenvalue weighted by Gasteiger charge is 2.51. The molecular formula is C15H21BrClNO. The molecule has 1 aromatic carbocycles. The molecule has 0 radical (unpaired) electrons. The van der Waals surface area contributed by atoms with Crippen molar-refractivity contribution in [3.63, 3.8) is 0 Å². The van der Waals surface area contributed by atoms with Crippen LogP contribution in [0.4, 0.5) is 0 Å². The Bertz CT molecular complexity index is 477. The molecule has 1 aromatic rings. The average molecular weight is 347 g/mol. The van der Waals surface area contributed by atoms with Crippen molar-refractivity contribution in [1.82, 2.24) is 0 Å². The quantitative estimate of drug-likeness (QED) is 0.866. The van der Waals surface area contributed by atoms with Crippen molar-refractivity contribution in [3.05, 3.63) is 33.3 Å². The van der Waals surface area contributed by atoms with Crippen LogP contribution in [0.2, 0.25) is 5.02 Å². The molecule has 1 fully saturated rings. The monoisotopic (exact) mass is 345 g/mol. The summed E-state index contributed by atoms with van der Waals surface area (Å²) in [7, 11) is 0. The third kappa shape index (κ3) is 2.58. The van der Waals surface area contributed by atoms with E-state index in [2.05, 4.69) is 22.9 Å². The molecule has 4 heteroatoms. The number of nitrogens with two attached hydrogens (primary N) is 1. The first-order valence-corrected chi connectivity index (χ1v) is 7.87. The topological polar surface area (TPSA) is 46.2 Å². The molecule has 0 bridgehead atoms. The summed E-state index contributed by atoms with van der Waals surface area (Å²) >= 11 is 9.71. The van der Waals surface area contributed by atoms with Gasteiger partial charge in [-0.2, -0.15) is 0 Å². The van der Waals surface area contributed by atoms with Crippen molar-refractivity contribution in [3.8, 4) is 0 Å². The molecule has 2 nitrogen and oxygen atoms in total. The maximum absolute atomic E-state index is 11.1. The molecule has 1 saturated carbocycles. The molecular weight excluding hydrogens is 326 g/mol. The van der Waals surface area contributed by atoms with E-state index >= 15 is 0 Å².